The Morgan fingerprint density at radius 3 is 2.45 bits per heavy atom. The molecule has 0 radical (unpaired) electrons. The van der Waals surface area contributed by atoms with E-state index in [4.69, 9.17) is 5.11 Å². The number of hydrogen-bond acceptors (Lipinski definition) is 3. The summed E-state index contributed by atoms with van der Waals surface area (Å²) in [5.41, 5.74) is 1.81. The molecule has 5 nitrogen and oxygen atoms in total. The minimum Gasteiger partial charge on any atom is -0.481 e. The molecule has 1 aromatic rings. The minimum absolute atomic E-state index is 0. The highest BCUT2D eigenvalue weighted by molar-refractivity contribution is 5.85. The zero-order valence-electron chi connectivity index (χ0n) is 12.2. The number of nitrogens with zero attached hydrogens (tertiary/aromatic N) is 1. The van der Waals surface area contributed by atoms with Crippen molar-refractivity contribution in [2.75, 3.05) is 0 Å². The van der Waals surface area contributed by atoms with Crippen molar-refractivity contribution in [3.8, 4) is 0 Å². The number of carbonyl (C=O) groups is 1. The van der Waals surface area contributed by atoms with E-state index in [9.17, 15) is 14.9 Å². The van der Waals surface area contributed by atoms with Crippen LogP contribution in [0.1, 0.15) is 61.5 Å². The van der Waals surface area contributed by atoms with Crippen molar-refractivity contribution in [3.05, 3.63) is 39.4 Å². The monoisotopic (exact) mass is 325 g/mol. The van der Waals surface area contributed by atoms with Crippen LogP contribution in [-0.4, -0.2) is 16.0 Å². The van der Waals surface area contributed by atoms with Gasteiger partial charge in [-0.15, -0.1) is 12.4 Å². The average Bonchev–Trinajstić information content (AvgIpc) is 3.28. The maximum Gasteiger partial charge on any atom is 0.307 e. The van der Waals surface area contributed by atoms with Crippen molar-refractivity contribution >= 4 is 24.1 Å². The van der Waals surface area contributed by atoms with Gasteiger partial charge in [-0.3, -0.25) is 14.9 Å². The first-order valence-corrected chi connectivity index (χ1v) is 7.59. The molecule has 0 heterocycles. The standard InChI is InChI=1S/C16H19NO4.ClH/c18-16(19)14-9-13(14)11-6-7-12(15(8-11)17(20)21)10-4-2-1-3-5-10;/h6-8,10,13-14H,1-5,9H2,(H,18,19);1H. The Morgan fingerprint density at radius 2 is 1.91 bits per heavy atom. The lowest BCUT2D eigenvalue weighted by Crippen LogP contribution is -2.08. The second-order valence-electron chi connectivity index (χ2n) is 6.20. The van der Waals surface area contributed by atoms with E-state index in [1.165, 1.54) is 6.42 Å². The van der Waals surface area contributed by atoms with E-state index in [2.05, 4.69) is 0 Å². The molecule has 0 bridgehead atoms. The summed E-state index contributed by atoms with van der Waals surface area (Å²) in [4.78, 5) is 22.0. The molecule has 2 fully saturated rings. The number of nitro benzene ring substituents is 1. The molecule has 2 aliphatic rings. The lowest BCUT2D eigenvalue weighted by atomic mass is 9.83. The first-order valence-electron chi connectivity index (χ1n) is 7.59. The number of nitro groups is 1. The first kappa shape index (κ1) is 16.7. The van der Waals surface area contributed by atoms with Crippen molar-refractivity contribution in [1.29, 1.82) is 0 Å². The Morgan fingerprint density at radius 1 is 1.23 bits per heavy atom. The van der Waals surface area contributed by atoms with E-state index >= 15 is 0 Å². The van der Waals surface area contributed by atoms with E-state index in [0.717, 1.165) is 36.8 Å². The fourth-order valence-electron chi connectivity index (χ4n) is 3.54. The van der Waals surface area contributed by atoms with E-state index < -0.39 is 5.97 Å². The highest BCUT2D eigenvalue weighted by Gasteiger charge is 2.44. The maximum absolute atomic E-state index is 11.4. The number of halogens is 1. The Kier molecular flexibility index (Phi) is 5.06. The molecule has 2 unspecified atom stereocenters. The summed E-state index contributed by atoms with van der Waals surface area (Å²) >= 11 is 0. The topological polar surface area (TPSA) is 80.4 Å². The normalized spacial score (nSPS) is 24.4. The molecule has 0 spiro atoms. The highest BCUT2D eigenvalue weighted by Crippen LogP contribution is 2.49. The van der Waals surface area contributed by atoms with Crippen molar-refractivity contribution in [2.45, 2.75) is 50.4 Å². The number of carboxylic acid groups (broad SMARTS) is 1. The fraction of sp³-hybridized carbons (Fsp3) is 0.562. The molecule has 120 valence electrons. The van der Waals surface area contributed by atoms with Crippen LogP contribution in [0, 0.1) is 16.0 Å². The van der Waals surface area contributed by atoms with Crippen LogP contribution < -0.4 is 0 Å². The van der Waals surface area contributed by atoms with Crippen LogP contribution in [0.3, 0.4) is 0 Å². The highest BCUT2D eigenvalue weighted by atomic mass is 35.5. The zero-order chi connectivity index (χ0) is 15.0. The van der Waals surface area contributed by atoms with Crippen molar-refractivity contribution in [2.24, 2.45) is 5.92 Å². The molecule has 6 heteroatoms. The van der Waals surface area contributed by atoms with Crippen LogP contribution in [0.25, 0.3) is 0 Å². The molecule has 2 saturated carbocycles. The zero-order valence-corrected chi connectivity index (χ0v) is 13.1. The molecule has 2 atom stereocenters. The number of aliphatic carboxylic acids is 1. The number of rotatable bonds is 4. The molecule has 3 rings (SSSR count). The molecule has 2 aliphatic carbocycles. The quantitative estimate of drug-likeness (QED) is 0.662. The lowest BCUT2D eigenvalue weighted by Gasteiger charge is -2.22. The van der Waals surface area contributed by atoms with E-state index in [-0.39, 0.29) is 40.8 Å². The summed E-state index contributed by atoms with van der Waals surface area (Å²) in [5, 5.41) is 20.4. The molecule has 22 heavy (non-hydrogen) atoms. The van der Waals surface area contributed by atoms with Crippen LogP contribution in [0.15, 0.2) is 18.2 Å². The Balaban J connectivity index is 0.00000176. The lowest BCUT2D eigenvalue weighted by molar-refractivity contribution is -0.385. The number of hydrogen-bond donors (Lipinski definition) is 1. The predicted molar refractivity (Wildman–Crippen MR) is 84.7 cm³/mol. The van der Waals surface area contributed by atoms with Crippen LogP contribution in [0.4, 0.5) is 5.69 Å². The van der Waals surface area contributed by atoms with Crippen LogP contribution in [0.2, 0.25) is 0 Å². The Hall–Kier alpha value is -1.62. The summed E-state index contributed by atoms with van der Waals surface area (Å²) in [6, 6.07) is 5.36. The van der Waals surface area contributed by atoms with Gasteiger partial charge in [0.25, 0.3) is 5.69 Å². The van der Waals surface area contributed by atoms with Crippen molar-refractivity contribution in [1.82, 2.24) is 0 Å². The van der Waals surface area contributed by atoms with Gasteiger partial charge in [-0.25, -0.2) is 0 Å². The van der Waals surface area contributed by atoms with Gasteiger partial charge in [0.1, 0.15) is 0 Å². The van der Waals surface area contributed by atoms with Crippen LogP contribution in [-0.2, 0) is 4.79 Å². The van der Waals surface area contributed by atoms with E-state index in [1.54, 1.807) is 6.07 Å². The van der Waals surface area contributed by atoms with Gasteiger partial charge < -0.3 is 5.11 Å². The fourth-order valence-corrected chi connectivity index (χ4v) is 3.54. The summed E-state index contributed by atoms with van der Waals surface area (Å²) in [6.07, 6.45) is 6.10. The van der Waals surface area contributed by atoms with Gasteiger partial charge in [0.2, 0.25) is 0 Å². The SMILES string of the molecule is Cl.O=C(O)C1CC1c1ccc(C2CCCCC2)c([N+](=O)[O-])c1. The number of carboxylic acids is 1. The van der Waals surface area contributed by atoms with Gasteiger partial charge in [0.15, 0.2) is 0 Å². The second-order valence-corrected chi connectivity index (χ2v) is 6.20. The van der Waals surface area contributed by atoms with E-state index in [1.807, 2.05) is 12.1 Å². The Bertz CT molecular complexity index is 584. The smallest absolute Gasteiger partial charge is 0.307 e. The summed E-state index contributed by atoms with van der Waals surface area (Å²) in [7, 11) is 0. The van der Waals surface area contributed by atoms with Gasteiger partial charge in [0.05, 0.1) is 10.8 Å². The second kappa shape index (κ2) is 6.65. The van der Waals surface area contributed by atoms with Crippen molar-refractivity contribution < 1.29 is 14.8 Å². The van der Waals surface area contributed by atoms with Crippen LogP contribution >= 0.6 is 12.4 Å². The molecule has 0 amide bonds. The predicted octanol–water partition coefficient (Wildman–Crippen LogP) is 4.25. The van der Waals surface area contributed by atoms with E-state index in [0.29, 0.717) is 6.42 Å². The largest absolute Gasteiger partial charge is 0.481 e. The molecule has 0 aromatic heterocycles. The van der Waals surface area contributed by atoms with Gasteiger partial charge >= 0.3 is 5.97 Å². The van der Waals surface area contributed by atoms with Crippen molar-refractivity contribution in [3.63, 3.8) is 0 Å². The number of benzene rings is 1. The van der Waals surface area contributed by atoms with Gasteiger partial charge in [-0.05, 0) is 36.7 Å². The summed E-state index contributed by atoms with van der Waals surface area (Å²) in [6.45, 7) is 0. The van der Waals surface area contributed by atoms with Gasteiger partial charge in [-0.1, -0.05) is 31.4 Å². The molecule has 0 saturated heterocycles. The molecular formula is C16H20ClNO4. The third-order valence-corrected chi connectivity index (χ3v) is 4.83. The Labute approximate surface area is 135 Å². The minimum atomic E-state index is -0.806. The van der Waals surface area contributed by atoms with Crippen LogP contribution in [0.5, 0.6) is 0 Å². The molecule has 1 aromatic carbocycles. The third kappa shape index (κ3) is 3.24. The van der Waals surface area contributed by atoms with Gasteiger partial charge in [-0.2, -0.15) is 0 Å². The average molecular weight is 326 g/mol. The maximum atomic E-state index is 11.4. The first-order chi connectivity index (χ1) is 10.1. The summed E-state index contributed by atoms with van der Waals surface area (Å²) < 4.78 is 0. The molecule has 0 aliphatic heterocycles. The third-order valence-electron chi connectivity index (χ3n) is 4.83. The molecule has 1 N–H and O–H groups in total. The van der Waals surface area contributed by atoms with Gasteiger partial charge in [0, 0.05) is 11.6 Å². The molecular weight excluding hydrogens is 306 g/mol. The summed E-state index contributed by atoms with van der Waals surface area (Å²) in [5.74, 6) is -0.951.